The number of carbonyl (C=O) groups is 1. The van der Waals surface area contributed by atoms with Gasteiger partial charge >= 0.3 is 0 Å². The van der Waals surface area contributed by atoms with Crippen LogP contribution in [0.15, 0.2) is 48.8 Å². The quantitative estimate of drug-likeness (QED) is 0.842. The van der Waals surface area contributed by atoms with Gasteiger partial charge < -0.3 is 4.90 Å². The van der Waals surface area contributed by atoms with Crippen LogP contribution in [0.3, 0.4) is 0 Å². The van der Waals surface area contributed by atoms with Gasteiger partial charge in [0.2, 0.25) is 5.91 Å². The van der Waals surface area contributed by atoms with Crippen LogP contribution < -0.4 is 10.9 Å². The number of hydrazine groups is 1. The number of piperazine rings is 1. The Labute approximate surface area is 164 Å². The summed E-state index contributed by atoms with van der Waals surface area (Å²) in [6, 6.07) is 11.8. The largest absolute Gasteiger partial charge is 0.339 e. The van der Waals surface area contributed by atoms with Crippen molar-refractivity contribution in [3.8, 4) is 0 Å². The van der Waals surface area contributed by atoms with Crippen LogP contribution in [0.5, 0.6) is 0 Å². The van der Waals surface area contributed by atoms with Gasteiger partial charge in [-0.25, -0.2) is 10.9 Å². The standard InChI is InChI=1S/C20H24ClN5O/c21-17-3-1-2-16(12-17)18-13-19(24-23-18)20(27)26-10-8-25(9-11-26)14-15-4-6-22-7-5-15/h1-7,12,18-19,23-24H,8-11,13-14H2. The van der Waals surface area contributed by atoms with Gasteiger partial charge in [-0.2, -0.15) is 0 Å². The molecule has 2 saturated heterocycles. The lowest BCUT2D eigenvalue weighted by atomic mass is 10.0. The van der Waals surface area contributed by atoms with Crippen molar-refractivity contribution in [2.75, 3.05) is 26.2 Å². The molecule has 27 heavy (non-hydrogen) atoms. The topological polar surface area (TPSA) is 60.5 Å². The Morgan fingerprint density at radius 3 is 2.63 bits per heavy atom. The maximum Gasteiger partial charge on any atom is 0.241 e. The molecule has 2 N–H and O–H groups in total. The molecular weight excluding hydrogens is 362 g/mol. The van der Waals surface area contributed by atoms with Crippen molar-refractivity contribution in [3.63, 3.8) is 0 Å². The summed E-state index contributed by atoms with van der Waals surface area (Å²) in [6.45, 7) is 4.23. The first-order valence-electron chi connectivity index (χ1n) is 9.35. The monoisotopic (exact) mass is 385 g/mol. The number of amides is 1. The fourth-order valence-corrected chi connectivity index (χ4v) is 3.95. The fourth-order valence-electron chi connectivity index (χ4n) is 3.75. The number of rotatable bonds is 4. The van der Waals surface area contributed by atoms with E-state index in [4.69, 9.17) is 11.6 Å². The lowest BCUT2D eigenvalue weighted by Crippen LogP contribution is -2.53. The number of halogens is 1. The van der Waals surface area contributed by atoms with Crippen LogP contribution in [0.4, 0.5) is 0 Å². The molecule has 4 rings (SSSR count). The number of pyridine rings is 1. The maximum absolute atomic E-state index is 12.9. The Morgan fingerprint density at radius 1 is 1.11 bits per heavy atom. The molecule has 1 amide bonds. The predicted molar refractivity (Wildman–Crippen MR) is 105 cm³/mol. The summed E-state index contributed by atoms with van der Waals surface area (Å²) < 4.78 is 0. The molecule has 0 aliphatic carbocycles. The van der Waals surface area contributed by atoms with E-state index in [2.05, 4.69) is 20.7 Å². The fraction of sp³-hybridized carbons (Fsp3) is 0.400. The van der Waals surface area contributed by atoms with Crippen molar-refractivity contribution >= 4 is 17.5 Å². The van der Waals surface area contributed by atoms with Gasteiger partial charge in [0, 0.05) is 56.2 Å². The Balaban J connectivity index is 1.28. The first-order chi connectivity index (χ1) is 13.2. The number of carbonyl (C=O) groups excluding carboxylic acids is 1. The zero-order valence-electron chi connectivity index (χ0n) is 15.1. The van der Waals surface area contributed by atoms with Crippen molar-refractivity contribution in [1.82, 2.24) is 25.6 Å². The SMILES string of the molecule is O=C(C1CC(c2cccc(Cl)c2)NN1)N1CCN(Cc2ccncc2)CC1. The number of hydrogen-bond donors (Lipinski definition) is 2. The molecule has 2 fully saturated rings. The molecule has 1 aromatic heterocycles. The molecule has 142 valence electrons. The van der Waals surface area contributed by atoms with Crippen LogP contribution in [0.1, 0.15) is 23.6 Å². The second-order valence-corrected chi connectivity index (χ2v) is 7.58. The molecule has 0 saturated carbocycles. The van der Waals surface area contributed by atoms with E-state index in [-0.39, 0.29) is 18.0 Å². The van der Waals surface area contributed by atoms with Crippen molar-refractivity contribution in [2.24, 2.45) is 0 Å². The molecule has 6 nitrogen and oxygen atoms in total. The van der Waals surface area contributed by atoms with E-state index in [9.17, 15) is 4.79 Å². The van der Waals surface area contributed by atoms with E-state index in [1.165, 1.54) is 5.56 Å². The zero-order valence-corrected chi connectivity index (χ0v) is 15.9. The number of nitrogens with one attached hydrogen (secondary N) is 2. The third-order valence-corrected chi connectivity index (χ3v) is 5.53. The Bertz CT molecular complexity index is 779. The van der Waals surface area contributed by atoms with Crippen LogP contribution >= 0.6 is 11.6 Å². The second kappa shape index (κ2) is 8.35. The van der Waals surface area contributed by atoms with Crippen LogP contribution in [-0.2, 0) is 11.3 Å². The molecule has 2 unspecified atom stereocenters. The highest BCUT2D eigenvalue weighted by Gasteiger charge is 2.34. The summed E-state index contributed by atoms with van der Waals surface area (Å²) in [5, 5.41) is 0.717. The van der Waals surface area contributed by atoms with Crippen LogP contribution in [0.25, 0.3) is 0 Å². The minimum atomic E-state index is -0.194. The van der Waals surface area contributed by atoms with Gasteiger partial charge in [-0.3, -0.25) is 14.7 Å². The Kier molecular flexibility index (Phi) is 5.69. The average molecular weight is 386 g/mol. The van der Waals surface area contributed by atoms with Crippen LogP contribution in [-0.4, -0.2) is 52.9 Å². The molecule has 3 heterocycles. The van der Waals surface area contributed by atoms with E-state index in [0.29, 0.717) is 0 Å². The van der Waals surface area contributed by atoms with Gasteiger partial charge in [-0.1, -0.05) is 23.7 Å². The van der Waals surface area contributed by atoms with E-state index in [0.717, 1.165) is 49.7 Å². The second-order valence-electron chi connectivity index (χ2n) is 7.14. The highest BCUT2D eigenvalue weighted by molar-refractivity contribution is 6.30. The minimum Gasteiger partial charge on any atom is -0.339 e. The molecule has 2 aromatic rings. The van der Waals surface area contributed by atoms with Crippen molar-refractivity contribution < 1.29 is 4.79 Å². The van der Waals surface area contributed by atoms with Crippen molar-refractivity contribution in [2.45, 2.75) is 25.0 Å². The average Bonchev–Trinajstić information content (AvgIpc) is 3.19. The van der Waals surface area contributed by atoms with Crippen molar-refractivity contribution in [3.05, 3.63) is 64.9 Å². The molecule has 7 heteroatoms. The summed E-state index contributed by atoms with van der Waals surface area (Å²) in [7, 11) is 0. The van der Waals surface area contributed by atoms with Gasteiger partial charge in [-0.05, 0) is 41.8 Å². The molecule has 1 aromatic carbocycles. The summed E-state index contributed by atoms with van der Waals surface area (Å²) in [4.78, 5) is 21.3. The van der Waals surface area contributed by atoms with Gasteiger partial charge in [0.05, 0.1) is 0 Å². The van der Waals surface area contributed by atoms with E-state index >= 15 is 0 Å². The smallest absolute Gasteiger partial charge is 0.241 e. The summed E-state index contributed by atoms with van der Waals surface area (Å²) in [5.74, 6) is 0.176. The van der Waals surface area contributed by atoms with Gasteiger partial charge in [0.15, 0.2) is 0 Å². The molecule has 0 radical (unpaired) electrons. The number of benzene rings is 1. The molecule has 2 atom stereocenters. The first kappa shape index (κ1) is 18.4. The van der Waals surface area contributed by atoms with Gasteiger partial charge in [0.1, 0.15) is 6.04 Å². The minimum absolute atomic E-state index is 0.102. The molecule has 0 bridgehead atoms. The normalized spacial score (nSPS) is 23.5. The van der Waals surface area contributed by atoms with Gasteiger partial charge in [-0.15, -0.1) is 0 Å². The number of hydrogen-bond acceptors (Lipinski definition) is 5. The first-order valence-corrected chi connectivity index (χ1v) is 9.73. The summed E-state index contributed by atoms with van der Waals surface area (Å²) >= 11 is 6.08. The molecule has 2 aliphatic heterocycles. The third-order valence-electron chi connectivity index (χ3n) is 5.29. The lowest BCUT2D eigenvalue weighted by Gasteiger charge is -2.35. The van der Waals surface area contributed by atoms with E-state index < -0.39 is 0 Å². The predicted octanol–water partition coefficient (Wildman–Crippen LogP) is 1.99. The number of aromatic nitrogens is 1. The highest BCUT2D eigenvalue weighted by Crippen LogP contribution is 2.25. The third kappa shape index (κ3) is 4.47. The van der Waals surface area contributed by atoms with E-state index in [1.807, 2.05) is 53.7 Å². The molecular formula is C20H24ClN5O. The highest BCUT2D eigenvalue weighted by atomic mass is 35.5. The van der Waals surface area contributed by atoms with Crippen molar-refractivity contribution in [1.29, 1.82) is 0 Å². The maximum atomic E-state index is 12.9. The molecule has 2 aliphatic rings. The molecule has 0 spiro atoms. The number of nitrogens with zero attached hydrogens (tertiary/aromatic N) is 3. The van der Waals surface area contributed by atoms with E-state index in [1.54, 1.807) is 0 Å². The van der Waals surface area contributed by atoms with Gasteiger partial charge in [0.25, 0.3) is 0 Å². The van der Waals surface area contributed by atoms with Crippen LogP contribution in [0.2, 0.25) is 5.02 Å². The summed E-state index contributed by atoms with van der Waals surface area (Å²) in [6.07, 6.45) is 4.38. The summed E-state index contributed by atoms with van der Waals surface area (Å²) in [5.41, 5.74) is 8.77. The zero-order chi connectivity index (χ0) is 18.6. The Morgan fingerprint density at radius 2 is 1.89 bits per heavy atom. The lowest BCUT2D eigenvalue weighted by molar-refractivity contribution is -0.135. The Hall–Kier alpha value is -1.99. The van der Waals surface area contributed by atoms with Crippen LogP contribution in [0, 0.1) is 0 Å².